The highest BCUT2D eigenvalue weighted by Crippen LogP contribution is 2.29. The molecule has 1 saturated carbocycles. The standard InChI is InChI=1S/C15H22BFO2/c1-2-5-12-8-10-13(11-9-12)19-16(18)14-6-3-4-7-15(14)17/h3-4,6-7,12-13,18H,2,5,8-11H2,1H3. The summed E-state index contributed by atoms with van der Waals surface area (Å²) in [6, 6.07) is 6.24. The molecule has 0 spiro atoms. The zero-order valence-corrected chi connectivity index (χ0v) is 11.5. The third kappa shape index (κ3) is 4.05. The van der Waals surface area contributed by atoms with Gasteiger partial charge in [-0.15, -0.1) is 0 Å². The van der Waals surface area contributed by atoms with Crippen LogP contribution in [0.15, 0.2) is 24.3 Å². The summed E-state index contributed by atoms with van der Waals surface area (Å²) in [5.74, 6) is 0.394. The molecule has 0 saturated heterocycles. The van der Waals surface area contributed by atoms with Crippen LogP contribution in [0.5, 0.6) is 0 Å². The molecule has 0 atom stereocenters. The number of benzene rings is 1. The van der Waals surface area contributed by atoms with Gasteiger partial charge in [-0.05, 0) is 37.7 Å². The fourth-order valence-electron chi connectivity index (χ4n) is 2.90. The van der Waals surface area contributed by atoms with Crippen LogP contribution in [0.25, 0.3) is 0 Å². The van der Waals surface area contributed by atoms with E-state index in [1.165, 1.54) is 18.9 Å². The molecule has 0 aliphatic heterocycles. The van der Waals surface area contributed by atoms with Gasteiger partial charge in [0.25, 0.3) is 0 Å². The SMILES string of the molecule is CCCC1CCC(OB(O)c2ccccc2F)CC1. The van der Waals surface area contributed by atoms with Crippen LogP contribution in [0.1, 0.15) is 45.4 Å². The van der Waals surface area contributed by atoms with Crippen LogP contribution in [0.4, 0.5) is 4.39 Å². The van der Waals surface area contributed by atoms with Crippen molar-refractivity contribution in [3.8, 4) is 0 Å². The van der Waals surface area contributed by atoms with Gasteiger partial charge in [0, 0.05) is 11.6 Å². The van der Waals surface area contributed by atoms with Gasteiger partial charge in [-0.1, -0.05) is 38.0 Å². The minimum Gasteiger partial charge on any atom is -0.423 e. The molecular weight excluding hydrogens is 242 g/mol. The van der Waals surface area contributed by atoms with E-state index in [1.54, 1.807) is 18.2 Å². The monoisotopic (exact) mass is 264 g/mol. The molecule has 2 nitrogen and oxygen atoms in total. The van der Waals surface area contributed by atoms with Gasteiger partial charge in [0.2, 0.25) is 0 Å². The maximum atomic E-state index is 13.5. The van der Waals surface area contributed by atoms with Crippen LogP contribution in [0.3, 0.4) is 0 Å². The minimum absolute atomic E-state index is 0.0581. The van der Waals surface area contributed by atoms with Gasteiger partial charge in [-0.3, -0.25) is 0 Å². The highest BCUT2D eigenvalue weighted by molar-refractivity contribution is 6.60. The fourth-order valence-corrected chi connectivity index (χ4v) is 2.90. The Morgan fingerprint density at radius 1 is 1.26 bits per heavy atom. The Bertz CT molecular complexity index is 391. The summed E-state index contributed by atoms with van der Waals surface area (Å²) in [4.78, 5) is 0. The maximum absolute atomic E-state index is 13.5. The highest BCUT2D eigenvalue weighted by Gasteiger charge is 2.27. The third-order valence-electron chi connectivity index (χ3n) is 3.98. The molecular formula is C15H22BFO2. The molecule has 1 N–H and O–H groups in total. The first kappa shape index (κ1) is 14.5. The summed E-state index contributed by atoms with van der Waals surface area (Å²) in [5.41, 5.74) is 0.234. The Balaban J connectivity index is 1.84. The highest BCUT2D eigenvalue weighted by atomic mass is 19.1. The van der Waals surface area contributed by atoms with Gasteiger partial charge in [0.15, 0.2) is 0 Å². The summed E-state index contributed by atoms with van der Waals surface area (Å²) in [6.07, 6.45) is 6.82. The molecule has 1 aliphatic carbocycles. The van der Waals surface area contributed by atoms with Gasteiger partial charge in [-0.2, -0.15) is 0 Å². The molecule has 4 heteroatoms. The first-order valence-corrected chi connectivity index (χ1v) is 7.28. The summed E-state index contributed by atoms with van der Waals surface area (Å²) in [5, 5.41) is 9.96. The Morgan fingerprint density at radius 3 is 2.58 bits per heavy atom. The maximum Gasteiger partial charge on any atom is 0.494 e. The van der Waals surface area contributed by atoms with Crippen molar-refractivity contribution in [1.29, 1.82) is 0 Å². The van der Waals surface area contributed by atoms with E-state index in [0.29, 0.717) is 0 Å². The van der Waals surface area contributed by atoms with Crippen LogP contribution in [0.2, 0.25) is 0 Å². The van der Waals surface area contributed by atoms with Crippen molar-refractivity contribution < 1.29 is 14.1 Å². The lowest BCUT2D eigenvalue weighted by Crippen LogP contribution is -2.40. The lowest BCUT2D eigenvalue weighted by Gasteiger charge is -2.29. The van der Waals surface area contributed by atoms with Gasteiger partial charge in [-0.25, -0.2) is 4.39 Å². The van der Waals surface area contributed by atoms with E-state index in [-0.39, 0.29) is 11.6 Å². The second kappa shape index (κ2) is 7.06. The van der Waals surface area contributed by atoms with Crippen LogP contribution in [-0.2, 0) is 4.65 Å². The first-order valence-electron chi connectivity index (χ1n) is 7.28. The van der Waals surface area contributed by atoms with E-state index in [2.05, 4.69) is 6.92 Å². The van der Waals surface area contributed by atoms with E-state index >= 15 is 0 Å². The Morgan fingerprint density at radius 2 is 1.95 bits per heavy atom. The first-order chi connectivity index (χ1) is 9.20. The number of halogens is 1. The van der Waals surface area contributed by atoms with Gasteiger partial charge in [0.05, 0.1) is 0 Å². The average Bonchev–Trinajstić information content (AvgIpc) is 2.42. The van der Waals surface area contributed by atoms with Crippen LogP contribution >= 0.6 is 0 Å². The molecule has 0 radical (unpaired) electrons. The van der Waals surface area contributed by atoms with E-state index in [4.69, 9.17) is 4.65 Å². The fraction of sp³-hybridized carbons (Fsp3) is 0.600. The molecule has 1 fully saturated rings. The average molecular weight is 264 g/mol. The van der Waals surface area contributed by atoms with Crippen molar-refractivity contribution in [2.75, 3.05) is 0 Å². The van der Waals surface area contributed by atoms with Crippen molar-refractivity contribution in [2.45, 2.75) is 51.6 Å². The molecule has 0 unspecified atom stereocenters. The topological polar surface area (TPSA) is 29.5 Å². The molecule has 1 aliphatic rings. The molecule has 1 aromatic carbocycles. The lowest BCUT2D eigenvalue weighted by molar-refractivity contribution is 0.110. The predicted molar refractivity (Wildman–Crippen MR) is 75.7 cm³/mol. The predicted octanol–water partition coefficient (Wildman–Crippen LogP) is 2.89. The molecule has 0 amide bonds. The molecule has 104 valence electrons. The second-order valence-corrected chi connectivity index (χ2v) is 5.44. The summed E-state index contributed by atoms with van der Waals surface area (Å²) in [6.45, 7) is 2.21. The van der Waals surface area contributed by atoms with E-state index < -0.39 is 12.9 Å². The largest absolute Gasteiger partial charge is 0.494 e. The van der Waals surface area contributed by atoms with Crippen LogP contribution < -0.4 is 5.46 Å². The van der Waals surface area contributed by atoms with E-state index in [9.17, 15) is 9.41 Å². The summed E-state index contributed by atoms with van der Waals surface area (Å²) < 4.78 is 19.1. The van der Waals surface area contributed by atoms with E-state index in [0.717, 1.165) is 31.6 Å². The van der Waals surface area contributed by atoms with Crippen molar-refractivity contribution in [3.63, 3.8) is 0 Å². The van der Waals surface area contributed by atoms with Crippen molar-refractivity contribution in [3.05, 3.63) is 30.1 Å². The van der Waals surface area contributed by atoms with Crippen molar-refractivity contribution >= 4 is 12.6 Å². The normalized spacial score (nSPS) is 23.3. The molecule has 19 heavy (non-hydrogen) atoms. The Kier molecular flexibility index (Phi) is 5.40. The summed E-state index contributed by atoms with van der Waals surface area (Å²) in [7, 11) is -1.14. The minimum atomic E-state index is -1.14. The van der Waals surface area contributed by atoms with Gasteiger partial charge >= 0.3 is 7.12 Å². The molecule has 0 aromatic heterocycles. The number of hydrogen-bond donors (Lipinski definition) is 1. The van der Waals surface area contributed by atoms with Crippen molar-refractivity contribution in [2.24, 2.45) is 5.92 Å². The van der Waals surface area contributed by atoms with E-state index in [1.807, 2.05) is 0 Å². The van der Waals surface area contributed by atoms with Crippen LogP contribution in [-0.4, -0.2) is 18.2 Å². The number of rotatable bonds is 5. The molecule has 0 bridgehead atoms. The molecule has 1 aromatic rings. The molecule has 0 heterocycles. The third-order valence-corrected chi connectivity index (χ3v) is 3.98. The zero-order chi connectivity index (χ0) is 13.7. The zero-order valence-electron chi connectivity index (χ0n) is 11.5. The lowest BCUT2D eigenvalue weighted by atomic mass is 9.77. The molecule has 2 rings (SSSR count). The summed E-state index contributed by atoms with van der Waals surface area (Å²) >= 11 is 0. The van der Waals surface area contributed by atoms with Crippen LogP contribution in [0, 0.1) is 11.7 Å². The smallest absolute Gasteiger partial charge is 0.423 e. The van der Waals surface area contributed by atoms with Crippen molar-refractivity contribution in [1.82, 2.24) is 0 Å². The number of hydrogen-bond acceptors (Lipinski definition) is 2. The quantitative estimate of drug-likeness (QED) is 0.828. The Labute approximate surface area is 115 Å². The van der Waals surface area contributed by atoms with Gasteiger partial charge in [0.1, 0.15) is 5.82 Å². The Hall–Kier alpha value is -0.865. The second-order valence-electron chi connectivity index (χ2n) is 5.44. The van der Waals surface area contributed by atoms with Gasteiger partial charge < -0.3 is 9.68 Å².